The monoisotopic (exact) mass is 400 g/mol. The number of rotatable bonds is 5. The van der Waals surface area contributed by atoms with Gasteiger partial charge >= 0.3 is 0 Å². The molecule has 4 rings (SSSR count). The molecule has 29 heavy (non-hydrogen) atoms. The third kappa shape index (κ3) is 4.07. The molecule has 152 valence electrons. The lowest BCUT2D eigenvalue weighted by Gasteiger charge is -2.24. The smallest absolute Gasteiger partial charge is 0.138 e. The number of benzene rings is 2. The van der Waals surface area contributed by atoms with Crippen LogP contribution in [-0.4, -0.2) is 36.2 Å². The maximum absolute atomic E-state index is 14.7. The van der Waals surface area contributed by atoms with Gasteiger partial charge in [0, 0.05) is 49.9 Å². The van der Waals surface area contributed by atoms with E-state index in [9.17, 15) is 18.0 Å². The van der Waals surface area contributed by atoms with E-state index in [1.54, 1.807) is 19.1 Å². The number of aryl methyl sites for hydroxylation is 1. The number of amidine groups is 1. The zero-order chi connectivity index (χ0) is 20.5. The quantitative estimate of drug-likeness (QED) is 0.744. The summed E-state index contributed by atoms with van der Waals surface area (Å²) in [5.41, 5.74) is 1.30. The molecular formula is C23H23F3N2O. The van der Waals surface area contributed by atoms with Gasteiger partial charge in [0.1, 0.15) is 29.1 Å². The number of hydrogen-bond donors (Lipinski definition) is 0. The SMILES string of the molecule is Cc1cc(F)c([C@@H]2CN3CCCN=C3[C@H]2CC(=O)Cc2ccc(F)cc2)c(F)c1. The van der Waals surface area contributed by atoms with Gasteiger partial charge in [-0.25, -0.2) is 13.2 Å². The molecule has 0 unspecified atom stereocenters. The van der Waals surface area contributed by atoms with Crippen molar-refractivity contribution >= 4 is 11.6 Å². The summed E-state index contributed by atoms with van der Waals surface area (Å²) in [6.07, 6.45) is 1.21. The lowest BCUT2D eigenvalue weighted by atomic mass is 9.83. The summed E-state index contributed by atoms with van der Waals surface area (Å²) in [5.74, 6) is -1.55. The number of aliphatic imine (C=N–C) groups is 1. The summed E-state index contributed by atoms with van der Waals surface area (Å²) in [6, 6.07) is 8.51. The number of fused-ring (bicyclic) bond motifs is 1. The molecule has 0 N–H and O–H groups in total. The van der Waals surface area contributed by atoms with Gasteiger partial charge in [-0.05, 0) is 48.7 Å². The molecule has 2 heterocycles. The zero-order valence-corrected chi connectivity index (χ0v) is 16.3. The molecule has 2 aromatic carbocycles. The molecule has 1 saturated heterocycles. The Balaban J connectivity index is 1.61. The molecule has 3 nitrogen and oxygen atoms in total. The predicted octanol–water partition coefficient (Wildman–Crippen LogP) is 4.43. The van der Waals surface area contributed by atoms with E-state index in [0.29, 0.717) is 18.7 Å². The van der Waals surface area contributed by atoms with E-state index in [1.807, 2.05) is 0 Å². The van der Waals surface area contributed by atoms with E-state index in [1.165, 1.54) is 24.3 Å². The Hall–Kier alpha value is -2.63. The first-order valence-electron chi connectivity index (χ1n) is 9.93. The molecule has 2 atom stereocenters. The van der Waals surface area contributed by atoms with E-state index >= 15 is 0 Å². The second-order valence-electron chi connectivity index (χ2n) is 7.94. The molecule has 2 aromatic rings. The van der Waals surface area contributed by atoms with E-state index in [0.717, 1.165) is 24.4 Å². The molecule has 2 aliphatic heterocycles. The van der Waals surface area contributed by atoms with Crippen LogP contribution in [0.2, 0.25) is 0 Å². The Bertz CT molecular complexity index is 932. The van der Waals surface area contributed by atoms with Gasteiger partial charge in [0.25, 0.3) is 0 Å². The van der Waals surface area contributed by atoms with Crippen molar-refractivity contribution in [3.8, 4) is 0 Å². The lowest BCUT2D eigenvalue weighted by molar-refractivity contribution is -0.119. The van der Waals surface area contributed by atoms with Crippen LogP contribution in [0.5, 0.6) is 0 Å². The van der Waals surface area contributed by atoms with Gasteiger partial charge in [-0.2, -0.15) is 0 Å². The average molecular weight is 400 g/mol. The maximum Gasteiger partial charge on any atom is 0.138 e. The van der Waals surface area contributed by atoms with Crippen molar-refractivity contribution in [3.05, 3.63) is 70.5 Å². The summed E-state index contributed by atoms with van der Waals surface area (Å²) in [5, 5.41) is 0. The number of carbonyl (C=O) groups excluding carboxylic acids is 1. The molecule has 0 spiro atoms. The fourth-order valence-electron chi connectivity index (χ4n) is 4.49. The number of Topliss-reactive ketones (excluding diaryl/α,β-unsaturated/α-hetero) is 1. The van der Waals surface area contributed by atoms with Gasteiger partial charge < -0.3 is 4.90 Å². The summed E-state index contributed by atoms with van der Waals surface area (Å²) < 4.78 is 42.5. The summed E-state index contributed by atoms with van der Waals surface area (Å²) in [6.45, 7) is 3.57. The highest BCUT2D eigenvalue weighted by Gasteiger charge is 2.43. The number of hydrogen-bond acceptors (Lipinski definition) is 3. The lowest BCUT2D eigenvalue weighted by Crippen LogP contribution is -2.33. The minimum absolute atomic E-state index is 0.0466. The largest absolute Gasteiger partial charge is 0.359 e. The van der Waals surface area contributed by atoms with Crippen LogP contribution in [0.4, 0.5) is 13.2 Å². The molecule has 0 bridgehead atoms. The Labute approximate surface area is 168 Å². The third-order valence-electron chi connectivity index (χ3n) is 5.77. The first-order chi connectivity index (χ1) is 13.9. The molecule has 0 aromatic heterocycles. The van der Waals surface area contributed by atoms with Crippen molar-refractivity contribution in [2.24, 2.45) is 10.9 Å². The van der Waals surface area contributed by atoms with E-state index < -0.39 is 17.6 Å². The highest BCUT2D eigenvalue weighted by Crippen LogP contribution is 2.40. The fourth-order valence-corrected chi connectivity index (χ4v) is 4.49. The zero-order valence-electron chi connectivity index (χ0n) is 16.3. The number of carbonyl (C=O) groups is 1. The van der Waals surface area contributed by atoms with Crippen molar-refractivity contribution in [2.45, 2.75) is 32.1 Å². The van der Waals surface area contributed by atoms with Crippen molar-refractivity contribution < 1.29 is 18.0 Å². The number of halogens is 3. The van der Waals surface area contributed by atoms with E-state index in [2.05, 4.69) is 9.89 Å². The second-order valence-corrected chi connectivity index (χ2v) is 7.94. The first kappa shape index (κ1) is 19.7. The average Bonchev–Trinajstić information content (AvgIpc) is 3.01. The minimum Gasteiger partial charge on any atom is -0.359 e. The first-order valence-corrected chi connectivity index (χ1v) is 9.93. The molecule has 0 saturated carbocycles. The van der Waals surface area contributed by atoms with E-state index in [-0.39, 0.29) is 35.9 Å². The van der Waals surface area contributed by atoms with Gasteiger partial charge in [0.15, 0.2) is 0 Å². The van der Waals surface area contributed by atoms with Gasteiger partial charge in [-0.3, -0.25) is 9.79 Å². The van der Waals surface area contributed by atoms with Gasteiger partial charge in [0.05, 0.1) is 0 Å². The molecular weight excluding hydrogens is 377 g/mol. The minimum atomic E-state index is -0.566. The van der Waals surface area contributed by atoms with Gasteiger partial charge in [-0.1, -0.05) is 12.1 Å². The van der Waals surface area contributed by atoms with Crippen molar-refractivity contribution in [2.75, 3.05) is 19.6 Å². The fraction of sp³-hybridized carbons (Fsp3) is 0.391. The Kier molecular flexibility index (Phi) is 5.43. The molecule has 0 aliphatic carbocycles. The topological polar surface area (TPSA) is 32.7 Å². The maximum atomic E-state index is 14.7. The van der Waals surface area contributed by atoms with Gasteiger partial charge in [-0.15, -0.1) is 0 Å². The van der Waals surface area contributed by atoms with Crippen LogP contribution in [0.15, 0.2) is 41.4 Å². The molecule has 1 fully saturated rings. The molecule has 2 aliphatic rings. The highest BCUT2D eigenvalue weighted by molar-refractivity contribution is 5.93. The third-order valence-corrected chi connectivity index (χ3v) is 5.77. The Morgan fingerprint density at radius 2 is 1.83 bits per heavy atom. The predicted molar refractivity (Wildman–Crippen MR) is 106 cm³/mol. The summed E-state index contributed by atoms with van der Waals surface area (Å²) in [7, 11) is 0. The van der Waals surface area contributed by atoms with E-state index in [4.69, 9.17) is 0 Å². The van der Waals surface area contributed by atoms with Crippen LogP contribution in [0.1, 0.15) is 35.4 Å². The van der Waals surface area contributed by atoms with Crippen LogP contribution in [0.25, 0.3) is 0 Å². The van der Waals surface area contributed by atoms with Crippen molar-refractivity contribution in [1.82, 2.24) is 4.90 Å². The summed E-state index contributed by atoms with van der Waals surface area (Å²) in [4.78, 5) is 19.4. The van der Waals surface area contributed by atoms with Crippen LogP contribution in [0, 0.1) is 30.3 Å². The Morgan fingerprint density at radius 1 is 1.14 bits per heavy atom. The molecule has 0 radical (unpaired) electrons. The van der Waals surface area contributed by atoms with Crippen LogP contribution in [0.3, 0.4) is 0 Å². The number of ketones is 1. The standard InChI is InChI=1S/C23H23F3N2O/c1-14-9-20(25)22(21(26)10-14)19-13-28-8-2-7-27-23(28)18(19)12-17(29)11-15-3-5-16(24)6-4-15/h3-6,9-10,18-19H,2,7-8,11-13H2,1H3/t18-,19+/m0/s1. The molecule has 0 amide bonds. The molecule has 6 heteroatoms. The number of nitrogens with zero attached hydrogens (tertiary/aromatic N) is 2. The highest BCUT2D eigenvalue weighted by atomic mass is 19.1. The van der Waals surface area contributed by atoms with Crippen LogP contribution >= 0.6 is 0 Å². The summed E-state index contributed by atoms with van der Waals surface area (Å²) >= 11 is 0. The second kappa shape index (κ2) is 8.01. The normalized spacial score (nSPS) is 21.1. The van der Waals surface area contributed by atoms with Crippen molar-refractivity contribution in [1.29, 1.82) is 0 Å². The van der Waals surface area contributed by atoms with Crippen LogP contribution in [-0.2, 0) is 11.2 Å². The van der Waals surface area contributed by atoms with Crippen LogP contribution < -0.4 is 0 Å². The van der Waals surface area contributed by atoms with Gasteiger partial charge in [0.2, 0.25) is 0 Å². The Morgan fingerprint density at radius 3 is 2.52 bits per heavy atom. The van der Waals surface area contributed by atoms with Crippen molar-refractivity contribution in [3.63, 3.8) is 0 Å².